The number of fused-ring (bicyclic) bond motifs is 7. The first-order chi connectivity index (χ1) is 25.3. The number of thiophene rings is 1. The van der Waals surface area contributed by atoms with Gasteiger partial charge in [-0.1, -0.05) is 127 Å². The van der Waals surface area contributed by atoms with Gasteiger partial charge in [0.05, 0.1) is 0 Å². The van der Waals surface area contributed by atoms with E-state index in [1.807, 2.05) is 17.4 Å². The van der Waals surface area contributed by atoms with Gasteiger partial charge in [-0.2, -0.15) is 0 Å². The molecule has 240 valence electrons. The summed E-state index contributed by atoms with van der Waals surface area (Å²) in [4.78, 5) is 2.37. The molecule has 2 heterocycles. The molecule has 0 aliphatic heterocycles. The molecule has 51 heavy (non-hydrogen) atoms. The third-order valence-electron chi connectivity index (χ3n) is 9.83. The van der Waals surface area contributed by atoms with Crippen LogP contribution in [0.15, 0.2) is 192 Å². The van der Waals surface area contributed by atoms with Gasteiger partial charge in [-0.15, -0.1) is 11.3 Å². The fourth-order valence-corrected chi connectivity index (χ4v) is 8.67. The normalized spacial score (nSPS) is 11.5. The minimum atomic E-state index is 0.919. The quantitative estimate of drug-likeness (QED) is 0.175. The van der Waals surface area contributed by atoms with Crippen molar-refractivity contribution < 1.29 is 4.42 Å². The number of hydrogen-bond donors (Lipinski definition) is 0. The van der Waals surface area contributed by atoms with E-state index in [-0.39, 0.29) is 0 Å². The molecule has 0 saturated carbocycles. The second-order valence-electron chi connectivity index (χ2n) is 12.9. The zero-order chi connectivity index (χ0) is 33.7. The van der Waals surface area contributed by atoms with Crippen LogP contribution >= 0.6 is 11.3 Å². The standard InChI is InChI=1S/C48H31NOS/c1-4-14-32(15-5-1)35-28-36(33-16-6-2-7-17-33)30-39(29-35)49(37-18-8-3-9-19-37)38-26-24-34(25-27-38)42-31-43-40-20-10-12-22-44(40)50-47(43)46-41-21-11-13-23-45(41)51-48(42)46/h1-31H. The van der Waals surface area contributed by atoms with Crippen molar-refractivity contribution in [1.82, 2.24) is 0 Å². The minimum absolute atomic E-state index is 0.919. The van der Waals surface area contributed by atoms with E-state index in [0.717, 1.165) is 39.0 Å². The minimum Gasteiger partial charge on any atom is -0.455 e. The largest absolute Gasteiger partial charge is 0.455 e. The maximum absolute atomic E-state index is 6.55. The third-order valence-corrected chi connectivity index (χ3v) is 11.0. The molecule has 0 radical (unpaired) electrons. The molecule has 0 bridgehead atoms. The Balaban J connectivity index is 1.16. The highest BCUT2D eigenvalue weighted by Crippen LogP contribution is 2.47. The van der Waals surface area contributed by atoms with Crippen LogP contribution in [0.3, 0.4) is 0 Å². The fraction of sp³-hybridized carbons (Fsp3) is 0. The lowest BCUT2D eigenvalue weighted by Gasteiger charge is -2.27. The van der Waals surface area contributed by atoms with Crippen molar-refractivity contribution in [2.45, 2.75) is 0 Å². The lowest BCUT2D eigenvalue weighted by molar-refractivity contribution is 0.673. The highest BCUT2D eigenvalue weighted by atomic mass is 32.1. The Bertz CT molecular complexity index is 2780. The molecule has 0 amide bonds. The molecular weight excluding hydrogens is 639 g/mol. The van der Waals surface area contributed by atoms with Gasteiger partial charge in [0.1, 0.15) is 11.2 Å². The topological polar surface area (TPSA) is 16.4 Å². The first kappa shape index (κ1) is 29.5. The van der Waals surface area contributed by atoms with E-state index in [9.17, 15) is 0 Å². The fourth-order valence-electron chi connectivity index (χ4n) is 7.43. The first-order valence-corrected chi connectivity index (χ1v) is 18.1. The van der Waals surface area contributed by atoms with E-state index in [1.54, 1.807) is 0 Å². The van der Waals surface area contributed by atoms with Gasteiger partial charge in [0, 0.05) is 53.6 Å². The van der Waals surface area contributed by atoms with E-state index in [1.165, 1.54) is 53.6 Å². The highest BCUT2D eigenvalue weighted by molar-refractivity contribution is 7.26. The van der Waals surface area contributed by atoms with Gasteiger partial charge in [-0.3, -0.25) is 0 Å². The van der Waals surface area contributed by atoms with E-state index < -0.39 is 0 Å². The summed E-state index contributed by atoms with van der Waals surface area (Å²) < 4.78 is 9.07. The van der Waals surface area contributed by atoms with Crippen molar-refractivity contribution in [3.05, 3.63) is 188 Å². The highest BCUT2D eigenvalue weighted by Gasteiger charge is 2.20. The molecule has 2 aromatic heterocycles. The van der Waals surface area contributed by atoms with Crippen LogP contribution in [0.4, 0.5) is 17.1 Å². The van der Waals surface area contributed by atoms with Crippen molar-refractivity contribution in [1.29, 1.82) is 0 Å². The molecule has 0 spiro atoms. The van der Waals surface area contributed by atoms with Crippen LogP contribution in [0.2, 0.25) is 0 Å². The summed E-state index contributed by atoms with van der Waals surface area (Å²) in [5, 5.41) is 4.73. The van der Waals surface area contributed by atoms with E-state index in [2.05, 4.69) is 187 Å². The molecule has 10 rings (SSSR count). The SMILES string of the molecule is c1ccc(-c2cc(-c3ccccc3)cc(N(c3ccccc3)c3ccc(-c4cc5c6ccccc6oc5c5c4sc4ccccc45)cc3)c2)cc1. The maximum atomic E-state index is 6.55. The first-order valence-electron chi connectivity index (χ1n) is 17.3. The maximum Gasteiger partial charge on any atom is 0.144 e. The van der Waals surface area contributed by atoms with Crippen LogP contribution < -0.4 is 4.90 Å². The Hall–Kier alpha value is -6.42. The lowest BCUT2D eigenvalue weighted by atomic mass is 9.97. The number of para-hydroxylation sites is 2. The molecule has 0 fully saturated rings. The molecule has 8 aromatic carbocycles. The Labute approximate surface area is 300 Å². The molecule has 0 saturated heterocycles. The van der Waals surface area contributed by atoms with Crippen LogP contribution in [-0.2, 0) is 0 Å². The van der Waals surface area contributed by atoms with Crippen LogP contribution in [0.1, 0.15) is 0 Å². The molecule has 10 aromatic rings. The van der Waals surface area contributed by atoms with Crippen molar-refractivity contribution in [3.63, 3.8) is 0 Å². The van der Waals surface area contributed by atoms with E-state index in [4.69, 9.17) is 4.42 Å². The van der Waals surface area contributed by atoms with Gasteiger partial charge in [0.15, 0.2) is 0 Å². The summed E-state index contributed by atoms with van der Waals surface area (Å²) in [5.41, 5.74) is 12.3. The van der Waals surface area contributed by atoms with Crippen molar-refractivity contribution in [3.8, 4) is 33.4 Å². The molecule has 0 atom stereocenters. The molecule has 0 aliphatic carbocycles. The Kier molecular flexibility index (Phi) is 7.04. The van der Waals surface area contributed by atoms with Crippen molar-refractivity contribution in [2.24, 2.45) is 0 Å². The molecular formula is C48H31NOS. The zero-order valence-corrected chi connectivity index (χ0v) is 28.5. The van der Waals surface area contributed by atoms with Crippen molar-refractivity contribution in [2.75, 3.05) is 4.90 Å². The van der Waals surface area contributed by atoms with Crippen molar-refractivity contribution >= 4 is 70.5 Å². The van der Waals surface area contributed by atoms with Gasteiger partial charge in [-0.25, -0.2) is 0 Å². The average Bonchev–Trinajstić information content (AvgIpc) is 3.78. The number of benzene rings is 8. The van der Waals surface area contributed by atoms with Gasteiger partial charge in [0.25, 0.3) is 0 Å². The monoisotopic (exact) mass is 669 g/mol. The number of rotatable bonds is 6. The molecule has 0 unspecified atom stereocenters. The molecule has 2 nitrogen and oxygen atoms in total. The van der Waals surface area contributed by atoms with Gasteiger partial charge < -0.3 is 9.32 Å². The second-order valence-corrected chi connectivity index (χ2v) is 14.0. The second kappa shape index (κ2) is 12.2. The number of anilines is 3. The van der Waals surface area contributed by atoms with Crippen LogP contribution in [0.25, 0.3) is 75.5 Å². The summed E-state index contributed by atoms with van der Waals surface area (Å²) in [6.45, 7) is 0. The molecule has 3 heteroatoms. The van der Waals surface area contributed by atoms with Crippen LogP contribution in [-0.4, -0.2) is 0 Å². The van der Waals surface area contributed by atoms with Crippen LogP contribution in [0, 0.1) is 0 Å². The summed E-state index contributed by atoms with van der Waals surface area (Å²) in [5.74, 6) is 0. The van der Waals surface area contributed by atoms with Gasteiger partial charge >= 0.3 is 0 Å². The average molecular weight is 670 g/mol. The predicted molar refractivity (Wildman–Crippen MR) is 218 cm³/mol. The zero-order valence-electron chi connectivity index (χ0n) is 27.7. The van der Waals surface area contributed by atoms with Crippen LogP contribution in [0.5, 0.6) is 0 Å². The Morgan fingerprint density at radius 1 is 0.392 bits per heavy atom. The molecule has 0 N–H and O–H groups in total. The smallest absolute Gasteiger partial charge is 0.144 e. The summed E-state index contributed by atoms with van der Waals surface area (Å²) >= 11 is 1.84. The number of furan rings is 1. The predicted octanol–water partition coefficient (Wildman–Crippen LogP) is 14.4. The summed E-state index contributed by atoms with van der Waals surface area (Å²) in [7, 11) is 0. The summed E-state index contributed by atoms with van der Waals surface area (Å²) in [6.07, 6.45) is 0. The van der Waals surface area contributed by atoms with Gasteiger partial charge in [0.2, 0.25) is 0 Å². The number of nitrogens with zero attached hydrogens (tertiary/aromatic N) is 1. The lowest BCUT2D eigenvalue weighted by Crippen LogP contribution is -2.10. The van der Waals surface area contributed by atoms with E-state index in [0.29, 0.717) is 0 Å². The van der Waals surface area contributed by atoms with Gasteiger partial charge in [-0.05, 0) is 88.5 Å². The third kappa shape index (κ3) is 5.10. The Morgan fingerprint density at radius 3 is 1.65 bits per heavy atom. The van der Waals surface area contributed by atoms with E-state index >= 15 is 0 Å². The Morgan fingerprint density at radius 2 is 0.961 bits per heavy atom. The number of hydrogen-bond acceptors (Lipinski definition) is 3. The summed E-state index contributed by atoms with van der Waals surface area (Å²) in [6, 6.07) is 67.3. The molecule has 0 aliphatic rings.